The summed E-state index contributed by atoms with van der Waals surface area (Å²) >= 11 is 7.26. The molecule has 4 heteroatoms. The van der Waals surface area contributed by atoms with Gasteiger partial charge in [-0.25, -0.2) is 0 Å². The second-order valence-corrected chi connectivity index (χ2v) is 3.81. The van der Waals surface area contributed by atoms with E-state index < -0.39 is 0 Å². The van der Waals surface area contributed by atoms with Gasteiger partial charge in [-0.15, -0.1) is 11.3 Å². The van der Waals surface area contributed by atoms with Gasteiger partial charge < -0.3 is 10.8 Å². The van der Waals surface area contributed by atoms with Crippen LogP contribution in [0.5, 0.6) is 0 Å². The minimum Gasteiger partial charge on any atom is -0.395 e. The zero-order chi connectivity index (χ0) is 8.27. The first-order chi connectivity index (χ1) is 5.22. The normalized spacial score (nSPS) is 13.4. The van der Waals surface area contributed by atoms with Gasteiger partial charge in [0.2, 0.25) is 0 Å². The summed E-state index contributed by atoms with van der Waals surface area (Å²) < 4.78 is 0. The van der Waals surface area contributed by atoms with E-state index in [-0.39, 0.29) is 12.6 Å². The Bertz CT molecular complexity index is 226. The molecular weight excluding hydrogens is 182 g/mol. The maximum Gasteiger partial charge on any atom is 0.0586 e. The third kappa shape index (κ3) is 2.79. The maximum absolute atomic E-state index is 8.65. The van der Waals surface area contributed by atoms with Crippen LogP contribution in [0.1, 0.15) is 4.88 Å². The first kappa shape index (κ1) is 9.00. The van der Waals surface area contributed by atoms with E-state index in [4.69, 9.17) is 22.4 Å². The minimum absolute atomic E-state index is 0.0233. The Morgan fingerprint density at radius 3 is 2.91 bits per heavy atom. The number of rotatable bonds is 3. The second-order valence-electron chi connectivity index (χ2n) is 2.38. The monoisotopic (exact) mass is 191 g/mol. The van der Waals surface area contributed by atoms with Crippen molar-refractivity contribution in [3.05, 3.63) is 21.3 Å². The topological polar surface area (TPSA) is 46.2 Å². The van der Waals surface area contributed by atoms with E-state index in [1.165, 1.54) is 0 Å². The average molecular weight is 192 g/mol. The van der Waals surface area contributed by atoms with Crippen LogP contribution in [0.15, 0.2) is 11.4 Å². The molecule has 0 amide bonds. The molecule has 1 aromatic heterocycles. The molecule has 1 aromatic rings. The molecule has 62 valence electrons. The molecule has 0 aliphatic rings. The Morgan fingerprint density at radius 2 is 2.45 bits per heavy atom. The minimum atomic E-state index is -0.162. The summed E-state index contributed by atoms with van der Waals surface area (Å²) in [6.45, 7) is 0.0233. The van der Waals surface area contributed by atoms with Crippen LogP contribution >= 0.6 is 22.9 Å². The van der Waals surface area contributed by atoms with Gasteiger partial charge in [-0.3, -0.25) is 0 Å². The van der Waals surface area contributed by atoms with Crippen LogP contribution in [0.4, 0.5) is 0 Å². The fourth-order valence-electron chi connectivity index (χ4n) is 0.784. The van der Waals surface area contributed by atoms with Crippen molar-refractivity contribution in [2.75, 3.05) is 6.61 Å². The van der Waals surface area contributed by atoms with Crippen molar-refractivity contribution in [2.24, 2.45) is 5.73 Å². The van der Waals surface area contributed by atoms with E-state index in [1.54, 1.807) is 11.3 Å². The molecule has 1 unspecified atom stereocenters. The molecule has 1 heterocycles. The van der Waals surface area contributed by atoms with Gasteiger partial charge in [-0.1, -0.05) is 11.6 Å². The number of aliphatic hydroxyl groups is 1. The fraction of sp³-hybridized carbons (Fsp3) is 0.429. The standard InChI is InChI=1S/C7H10ClNOS/c8-5-1-7(11-4-5)2-6(9)3-10/h1,4,6,10H,2-3,9H2. The highest BCUT2D eigenvalue weighted by Crippen LogP contribution is 2.19. The summed E-state index contributed by atoms with van der Waals surface area (Å²) in [5, 5.41) is 11.3. The van der Waals surface area contributed by atoms with Gasteiger partial charge >= 0.3 is 0 Å². The molecule has 0 aliphatic carbocycles. The Hall–Kier alpha value is -0.0900. The molecular formula is C7H10ClNOS. The summed E-state index contributed by atoms with van der Waals surface area (Å²) in [7, 11) is 0. The zero-order valence-corrected chi connectivity index (χ0v) is 7.53. The molecule has 2 nitrogen and oxygen atoms in total. The first-order valence-electron chi connectivity index (χ1n) is 3.31. The highest BCUT2D eigenvalue weighted by Gasteiger charge is 2.03. The van der Waals surface area contributed by atoms with Crippen LogP contribution in [0.2, 0.25) is 5.02 Å². The number of halogens is 1. The average Bonchev–Trinajstić information content (AvgIpc) is 2.35. The molecule has 0 fully saturated rings. The lowest BCUT2D eigenvalue weighted by Crippen LogP contribution is -2.26. The molecule has 0 saturated heterocycles. The van der Waals surface area contributed by atoms with Crippen molar-refractivity contribution in [2.45, 2.75) is 12.5 Å². The number of aliphatic hydroxyl groups excluding tert-OH is 1. The molecule has 0 radical (unpaired) electrons. The van der Waals surface area contributed by atoms with Crippen molar-refractivity contribution >= 4 is 22.9 Å². The quantitative estimate of drug-likeness (QED) is 0.756. The molecule has 1 atom stereocenters. The van der Waals surface area contributed by atoms with Gasteiger partial charge in [0.05, 0.1) is 11.6 Å². The molecule has 0 bridgehead atoms. The molecule has 0 aliphatic heterocycles. The lowest BCUT2D eigenvalue weighted by Gasteiger charge is -2.03. The first-order valence-corrected chi connectivity index (χ1v) is 4.57. The van der Waals surface area contributed by atoms with Gasteiger partial charge in [0.15, 0.2) is 0 Å². The summed E-state index contributed by atoms with van der Waals surface area (Å²) in [4.78, 5) is 1.12. The van der Waals surface area contributed by atoms with E-state index in [0.717, 1.165) is 9.90 Å². The highest BCUT2D eigenvalue weighted by atomic mass is 35.5. The van der Waals surface area contributed by atoms with Gasteiger partial charge in [0.25, 0.3) is 0 Å². The second kappa shape index (κ2) is 4.07. The summed E-state index contributed by atoms with van der Waals surface area (Å²) in [6.07, 6.45) is 0.702. The number of nitrogens with two attached hydrogens (primary N) is 1. The van der Waals surface area contributed by atoms with E-state index >= 15 is 0 Å². The third-order valence-electron chi connectivity index (χ3n) is 1.32. The lowest BCUT2D eigenvalue weighted by molar-refractivity contribution is 0.266. The zero-order valence-electron chi connectivity index (χ0n) is 5.96. The highest BCUT2D eigenvalue weighted by molar-refractivity contribution is 7.10. The van der Waals surface area contributed by atoms with Crippen molar-refractivity contribution in [1.82, 2.24) is 0 Å². The summed E-state index contributed by atoms with van der Waals surface area (Å²) in [5.41, 5.74) is 5.53. The molecule has 0 aromatic carbocycles. The van der Waals surface area contributed by atoms with Crippen LogP contribution in [-0.4, -0.2) is 17.8 Å². The fourth-order valence-corrected chi connectivity index (χ4v) is 1.95. The Kier molecular flexibility index (Phi) is 3.33. The van der Waals surface area contributed by atoms with Crippen LogP contribution in [0.3, 0.4) is 0 Å². The van der Waals surface area contributed by atoms with E-state index in [9.17, 15) is 0 Å². The van der Waals surface area contributed by atoms with Crippen LogP contribution in [-0.2, 0) is 6.42 Å². The maximum atomic E-state index is 8.65. The van der Waals surface area contributed by atoms with Crippen molar-refractivity contribution < 1.29 is 5.11 Å². The van der Waals surface area contributed by atoms with Gasteiger partial charge in [-0.2, -0.15) is 0 Å². The van der Waals surface area contributed by atoms with Crippen molar-refractivity contribution in [1.29, 1.82) is 0 Å². The van der Waals surface area contributed by atoms with E-state index in [1.807, 2.05) is 11.4 Å². The molecule has 1 rings (SSSR count). The Morgan fingerprint density at radius 1 is 1.73 bits per heavy atom. The van der Waals surface area contributed by atoms with E-state index in [2.05, 4.69) is 0 Å². The molecule has 0 spiro atoms. The smallest absolute Gasteiger partial charge is 0.0586 e. The number of thiophene rings is 1. The SMILES string of the molecule is NC(CO)Cc1cc(Cl)cs1. The van der Waals surface area contributed by atoms with Gasteiger partial charge in [0.1, 0.15) is 0 Å². The van der Waals surface area contributed by atoms with Crippen molar-refractivity contribution in [3.8, 4) is 0 Å². The number of hydrogen-bond acceptors (Lipinski definition) is 3. The van der Waals surface area contributed by atoms with Gasteiger partial charge in [0, 0.05) is 16.3 Å². The van der Waals surface area contributed by atoms with Crippen molar-refractivity contribution in [3.63, 3.8) is 0 Å². The summed E-state index contributed by atoms with van der Waals surface area (Å²) in [6, 6.07) is 1.71. The Balaban J connectivity index is 2.50. The lowest BCUT2D eigenvalue weighted by atomic mass is 10.2. The van der Waals surface area contributed by atoms with E-state index in [0.29, 0.717) is 6.42 Å². The molecule has 3 N–H and O–H groups in total. The predicted octanol–water partition coefficient (Wildman–Crippen LogP) is 1.26. The molecule has 11 heavy (non-hydrogen) atoms. The number of hydrogen-bond donors (Lipinski definition) is 2. The van der Waals surface area contributed by atoms with Crippen LogP contribution in [0.25, 0.3) is 0 Å². The largest absolute Gasteiger partial charge is 0.395 e. The van der Waals surface area contributed by atoms with Crippen LogP contribution in [0, 0.1) is 0 Å². The third-order valence-corrected chi connectivity index (χ3v) is 2.63. The predicted molar refractivity (Wildman–Crippen MR) is 48.1 cm³/mol. The Labute approximate surface area is 74.6 Å². The van der Waals surface area contributed by atoms with Crippen LogP contribution < -0.4 is 5.73 Å². The molecule has 0 saturated carbocycles. The van der Waals surface area contributed by atoms with Gasteiger partial charge in [-0.05, 0) is 12.5 Å². The summed E-state index contributed by atoms with van der Waals surface area (Å²) in [5.74, 6) is 0.